The predicted octanol–water partition coefficient (Wildman–Crippen LogP) is 2.37. The van der Waals surface area contributed by atoms with Crippen molar-refractivity contribution in [2.75, 3.05) is 13.2 Å². The molecule has 0 aliphatic rings. The van der Waals surface area contributed by atoms with Crippen LogP contribution in [-0.4, -0.2) is 29.1 Å². The van der Waals surface area contributed by atoms with E-state index >= 15 is 0 Å². The zero-order valence-corrected chi connectivity index (χ0v) is 14.6. The van der Waals surface area contributed by atoms with Gasteiger partial charge < -0.3 is 14.5 Å². The third-order valence-corrected chi connectivity index (χ3v) is 3.69. The number of nitrogens with zero attached hydrogens (tertiary/aromatic N) is 2. The number of aromatic amines is 1. The highest BCUT2D eigenvalue weighted by Crippen LogP contribution is 2.24. The Morgan fingerprint density at radius 1 is 1.08 bits per heavy atom. The Morgan fingerprint density at radius 3 is 2.62 bits per heavy atom. The lowest BCUT2D eigenvalue weighted by Gasteiger charge is -2.10. The molecule has 1 heterocycles. The number of ether oxygens (including phenoxy) is 2. The maximum atomic E-state index is 12.5. The van der Waals surface area contributed by atoms with E-state index in [2.05, 4.69) is 10.1 Å². The number of aromatic nitrogens is 2. The van der Waals surface area contributed by atoms with E-state index in [1.807, 2.05) is 13.8 Å². The molecule has 0 spiro atoms. The largest absolute Gasteiger partial charge is 0.494 e. The van der Waals surface area contributed by atoms with E-state index in [0.29, 0.717) is 41.2 Å². The maximum absolute atomic E-state index is 12.5. The Hall–Kier alpha value is -3.35. The Labute approximate surface area is 149 Å². The fourth-order valence-corrected chi connectivity index (χ4v) is 2.54. The summed E-state index contributed by atoms with van der Waals surface area (Å²) in [5.74, 6) is 1.24. The van der Waals surface area contributed by atoms with Gasteiger partial charge in [-0.25, -0.2) is 4.79 Å². The Kier molecular flexibility index (Phi) is 5.17. The molecule has 134 valence electrons. The number of H-pyrrole nitrogens is 1. The average Bonchev–Trinajstić information content (AvgIpc) is 2.63. The molecule has 0 amide bonds. The molecule has 0 bridgehead atoms. The molecule has 0 saturated carbocycles. The van der Waals surface area contributed by atoms with Crippen LogP contribution in [0.3, 0.4) is 0 Å². The van der Waals surface area contributed by atoms with Crippen LogP contribution in [0.15, 0.2) is 57.2 Å². The number of rotatable bonds is 6. The molecule has 1 aromatic heterocycles. The van der Waals surface area contributed by atoms with E-state index in [1.54, 1.807) is 42.5 Å². The topological polar surface area (TPSA) is 85.7 Å². The van der Waals surface area contributed by atoms with Gasteiger partial charge in [0.1, 0.15) is 11.5 Å². The van der Waals surface area contributed by atoms with Gasteiger partial charge in [0.05, 0.1) is 30.3 Å². The Balaban J connectivity index is 2.04. The second kappa shape index (κ2) is 7.69. The monoisotopic (exact) mass is 353 g/mol. The van der Waals surface area contributed by atoms with Gasteiger partial charge >= 0.3 is 5.69 Å². The van der Waals surface area contributed by atoms with Crippen LogP contribution in [-0.2, 0) is 0 Å². The van der Waals surface area contributed by atoms with E-state index in [4.69, 9.17) is 9.47 Å². The summed E-state index contributed by atoms with van der Waals surface area (Å²) in [7, 11) is 0. The molecule has 0 unspecified atom stereocenters. The van der Waals surface area contributed by atoms with Crippen LogP contribution in [0.5, 0.6) is 11.5 Å². The first-order chi connectivity index (χ1) is 12.6. The lowest BCUT2D eigenvalue weighted by atomic mass is 10.2. The van der Waals surface area contributed by atoms with E-state index in [-0.39, 0.29) is 0 Å². The van der Waals surface area contributed by atoms with Crippen LogP contribution >= 0.6 is 0 Å². The molecule has 0 radical (unpaired) electrons. The number of hydrogen-bond acceptors (Lipinski definition) is 5. The molecule has 3 aromatic rings. The van der Waals surface area contributed by atoms with Gasteiger partial charge in [0.2, 0.25) is 0 Å². The molecule has 3 rings (SSSR count). The van der Waals surface area contributed by atoms with Crippen LogP contribution in [0.1, 0.15) is 19.4 Å². The molecule has 0 atom stereocenters. The molecule has 2 aromatic carbocycles. The molecule has 0 aliphatic heterocycles. The highest BCUT2D eigenvalue weighted by atomic mass is 16.5. The SMILES string of the molecule is CCOc1ccc(C=Nn2c(=O)[nH]c3ccccc3c2=O)c(OCC)c1. The van der Waals surface area contributed by atoms with Crippen LogP contribution in [0.4, 0.5) is 0 Å². The van der Waals surface area contributed by atoms with Crippen molar-refractivity contribution in [3.05, 3.63) is 68.9 Å². The molecule has 0 fully saturated rings. The minimum atomic E-state index is -0.603. The summed E-state index contributed by atoms with van der Waals surface area (Å²) in [6, 6.07) is 12.1. The molecule has 7 heteroatoms. The number of fused-ring (bicyclic) bond motifs is 1. The lowest BCUT2D eigenvalue weighted by Crippen LogP contribution is -2.32. The van der Waals surface area contributed by atoms with Crippen molar-refractivity contribution in [1.29, 1.82) is 0 Å². The van der Waals surface area contributed by atoms with Crippen LogP contribution < -0.4 is 20.7 Å². The van der Waals surface area contributed by atoms with Crippen molar-refractivity contribution in [3.8, 4) is 11.5 Å². The first kappa shape index (κ1) is 17.5. The number of hydrogen-bond donors (Lipinski definition) is 1. The molecule has 7 nitrogen and oxygen atoms in total. The summed E-state index contributed by atoms with van der Waals surface area (Å²) < 4.78 is 11.9. The van der Waals surface area contributed by atoms with E-state index in [1.165, 1.54) is 6.21 Å². The molecule has 0 saturated heterocycles. The number of para-hydroxylation sites is 1. The number of benzene rings is 2. The van der Waals surface area contributed by atoms with Crippen molar-refractivity contribution in [3.63, 3.8) is 0 Å². The normalized spacial score (nSPS) is 11.2. The zero-order chi connectivity index (χ0) is 18.5. The van der Waals surface area contributed by atoms with E-state index < -0.39 is 11.2 Å². The summed E-state index contributed by atoms with van der Waals surface area (Å²) in [6.07, 6.45) is 1.42. The van der Waals surface area contributed by atoms with Crippen molar-refractivity contribution in [2.45, 2.75) is 13.8 Å². The third kappa shape index (κ3) is 3.51. The summed E-state index contributed by atoms with van der Waals surface area (Å²) >= 11 is 0. The Morgan fingerprint density at radius 2 is 1.85 bits per heavy atom. The highest BCUT2D eigenvalue weighted by molar-refractivity contribution is 5.84. The fraction of sp³-hybridized carbons (Fsp3) is 0.211. The second-order valence-corrected chi connectivity index (χ2v) is 5.40. The fourth-order valence-electron chi connectivity index (χ4n) is 2.54. The van der Waals surface area contributed by atoms with Gasteiger partial charge in [-0.05, 0) is 38.1 Å². The summed E-state index contributed by atoms with van der Waals surface area (Å²) in [5, 5.41) is 4.45. The number of nitrogens with one attached hydrogen (secondary N) is 1. The lowest BCUT2D eigenvalue weighted by molar-refractivity contribution is 0.323. The summed E-state index contributed by atoms with van der Waals surface area (Å²) in [4.78, 5) is 27.3. The van der Waals surface area contributed by atoms with Crippen LogP contribution in [0, 0.1) is 0 Å². The summed E-state index contributed by atoms with van der Waals surface area (Å²) in [6.45, 7) is 4.77. The molecular weight excluding hydrogens is 334 g/mol. The Bertz CT molecular complexity index is 1070. The standard InChI is InChI=1S/C19H19N3O4/c1-3-25-14-10-9-13(17(11-14)26-4-2)12-20-22-18(23)15-7-5-6-8-16(15)21-19(22)24/h5-12H,3-4H2,1-2H3,(H,21,24). The molecule has 1 N–H and O–H groups in total. The predicted molar refractivity (Wildman–Crippen MR) is 101 cm³/mol. The van der Waals surface area contributed by atoms with Crippen molar-refractivity contribution < 1.29 is 9.47 Å². The van der Waals surface area contributed by atoms with Crippen molar-refractivity contribution >= 4 is 17.1 Å². The molecule has 26 heavy (non-hydrogen) atoms. The van der Waals surface area contributed by atoms with Gasteiger partial charge in [-0.15, -0.1) is 4.68 Å². The molecular formula is C19H19N3O4. The smallest absolute Gasteiger partial charge is 0.349 e. The minimum Gasteiger partial charge on any atom is -0.494 e. The van der Waals surface area contributed by atoms with Gasteiger partial charge in [-0.3, -0.25) is 4.79 Å². The second-order valence-electron chi connectivity index (χ2n) is 5.40. The van der Waals surface area contributed by atoms with Gasteiger partial charge in [-0.1, -0.05) is 12.1 Å². The average molecular weight is 353 g/mol. The summed E-state index contributed by atoms with van der Waals surface area (Å²) in [5.41, 5.74) is 0.0260. The van der Waals surface area contributed by atoms with Gasteiger partial charge in [-0.2, -0.15) is 5.10 Å². The molecule has 0 aliphatic carbocycles. The zero-order valence-electron chi connectivity index (χ0n) is 14.6. The van der Waals surface area contributed by atoms with Gasteiger partial charge in [0.15, 0.2) is 0 Å². The van der Waals surface area contributed by atoms with E-state index in [0.717, 1.165) is 4.68 Å². The third-order valence-electron chi connectivity index (χ3n) is 3.69. The highest BCUT2D eigenvalue weighted by Gasteiger charge is 2.07. The van der Waals surface area contributed by atoms with Gasteiger partial charge in [0, 0.05) is 11.6 Å². The van der Waals surface area contributed by atoms with Crippen molar-refractivity contribution in [1.82, 2.24) is 9.66 Å². The maximum Gasteiger partial charge on any atom is 0.349 e. The van der Waals surface area contributed by atoms with Crippen LogP contribution in [0.25, 0.3) is 10.9 Å². The quantitative estimate of drug-likeness (QED) is 0.690. The van der Waals surface area contributed by atoms with Gasteiger partial charge in [0.25, 0.3) is 5.56 Å². The van der Waals surface area contributed by atoms with Crippen LogP contribution in [0.2, 0.25) is 0 Å². The van der Waals surface area contributed by atoms with E-state index in [9.17, 15) is 9.59 Å². The first-order valence-corrected chi connectivity index (χ1v) is 8.32. The minimum absolute atomic E-state index is 0.390. The first-order valence-electron chi connectivity index (χ1n) is 8.32. The van der Waals surface area contributed by atoms with Crippen molar-refractivity contribution in [2.24, 2.45) is 5.10 Å².